The third-order valence-corrected chi connectivity index (χ3v) is 2.96. The third-order valence-electron chi connectivity index (χ3n) is 2.96. The van der Waals surface area contributed by atoms with Gasteiger partial charge in [-0.1, -0.05) is 35.5 Å². The van der Waals surface area contributed by atoms with Crippen molar-refractivity contribution >= 4 is 29.9 Å². The van der Waals surface area contributed by atoms with Crippen molar-refractivity contribution in [2.24, 2.45) is 4.99 Å². The number of nitrogens with one attached hydrogen (secondary N) is 2. The molecular weight excluding hydrogens is 407 g/mol. The fraction of sp³-hybridized carbons (Fsp3) is 0.375. The summed E-state index contributed by atoms with van der Waals surface area (Å²) in [5.41, 5.74) is 1.80. The van der Waals surface area contributed by atoms with Crippen LogP contribution in [0.25, 0.3) is 11.3 Å². The van der Waals surface area contributed by atoms with Crippen molar-refractivity contribution in [3.8, 4) is 11.3 Å². The van der Waals surface area contributed by atoms with E-state index in [1.165, 1.54) is 0 Å². The second-order valence-corrected chi connectivity index (χ2v) is 4.66. The van der Waals surface area contributed by atoms with Gasteiger partial charge in [-0.05, 0) is 6.92 Å². The largest absolute Gasteiger partial charge is 0.383 e. The van der Waals surface area contributed by atoms with Crippen molar-refractivity contribution in [2.75, 3.05) is 26.8 Å². The Balaban J connectivity index is 0.00000264. The molecule has 0 radical (unpaired) electrons. The number of hydrogen-bond donors (Lipinski definition) is 2. The van der Waals surface area contributed by atoms with Crippen LogP contribution in [-0.2, 0) is 11.3 Å². The van der Waals surface area contributed by atoms with Gasteiger partial charge in [0.2, 0.25) is 0 Å². The summed E-state index contributed by atoms with van der Waals surface area (Å²) in [6.07, 6.45) is 0. The number of aliphatic imine (C=N–C) groups is 1. The highest BCUT2D eigenvalue weighted by Gasteiger charge is 2.06. The van der Waals surface area contributed by atoms with Crippen LogP contribution in [0, 0.1) is 0 Å². The molecule has 2 N–H and O–H groups in total. The molecule has 1 heterocycles. The summed E-state index contributed by atoms with van der Waals surface area (Å²) in [4.78, 5) is 4.48. The highest BCUT2D eigenvalue weighted by Crippen LogP contribution is 2.19. The van der Waals surface area contributed by atoms with Crippen LogP contribution in [0.2, 0.25) is 0 Å². The van der Waals surface area contributed by atoms with E-state index in [1.807, 2.05) is 43.3 Å². The average Bonchev–Trinajstić information content (AvgIpc) is 3.03. The summed E-state index contributed by atoms with van der Waals surface area (Å²) >= 11 is 0. The maximum Gasteiger partial charge on any atom is 0.191 e. The first-order chi connectivity index (χ1) is 10.8. The van der Waals surface area contributed by atoms with E-state index in [-0.39, 0.29) is 24.0 Å². The van der Waals surface area contributed by atoms with Crippen molar-refractivity contribution in [2.45, 2.75) is 13.5 Å². The van der Waals surface area contributed by atoms with Crippen molar-refractivity contribution in [1.82, 2.24) is 15.8 Å². The van der Waals surface area contributed by atoms with Gasteiger partial charge in [-0.25, -0.2) is 4.99 Å². The molecule has 0 saturated carbocycles. The standard InChI is InChI=1S/C16H22N4O2.HI/c1-3-17-16(18-9-10-21-2)19-12-14-11-15(22-20-14)13-7-5-4-6-8-13;/h4-8,11H,3,9-10,12H2,1-2H3,(H2,17,18,19);1H. The number of aromatic nitrogens is 1. The van der Waals surface area contributed by atoms with Crippen LogP contribution in [0.5, 0.6) is 0 Å². The molecule has 1 aromatic carbocycles. The molecule has 0 atom stereocenters. The Hall–Kier alpha value is -1.61. The SMILES string of the molecule is CCNC(=NCc1cc(-c2ccccc2)on1)NCCOC.I. The molecule has 0 unspecified atom stereocenters. The molecule has 2 aromatic rings. The number of halogens is 1. The molecule has 0 bridgehead atoms. The molecule has 0 fully saturated rings. The summed E-state index contributed by atoms with van der Waals surface area (Å²) in [5.74, 6) is 1.49. The Morgan fingerprint density at radius 3 is 2.74 bits per heavy atom. The summed E-state index contributed by atoms with van der Waals surface area (Å²) in [5, 5.41) is 10.4. The lowest BCUT2D eigenvalue weighted by Gasteiger charge is -2.09. The topological polar surface area (TPSA) is 71.7 Å². The van der Waals surface area contributed by atoms with E-state index in [2.05, 4.69) is 20.8 Å². The number of guanidine groups is 1. The third kappa shape index (κ3) is 6.57. The lowest BCUT2D eigenvalue weighted by Crippen LogP contribution is -2.38. The van der Waals surface area contributed by atoms with Gasteiger partial charge in [-0.2, -0.15) is 0 Å². The molecule has 1 aromatic heterocycles. The van der Waals surface area contributed by atoms with Gasteiger partial charge in [0.1, 0.15) is 5.69 Å². The number of hydrogen-bond acceptors (Lipinski definition) is 4. The molecule has 0 aliphatic heterocycles. The lowest BCUT2D eigenvalue weighted by molar-refractivity contribution is 0.203. The molecule has 126 valence electrons. The van der Waals surface area contributed by atoms with Crippen molar-refractivity contribution in [3.63, 3.8) is 0 Å². The van der Waals surface area contributed by atoms with Gasteiger partial charge in [-0.15, -0.1) is 24.0 Å². The van der Waals surface area contributed by atoms with Crippen LogP contribution < -0.4 is 10.6 Å². The smallest absolute Gasteiger partial charge is 0.191 e. The summed E-state index contributed by atoms with van der Waals surface area (Å²) < 4.78 is 10.4. The Morgan fingerprint density at radius 1 is 1.26 bits per heavy atom. The first kappa shape index (κ1) is 19.4. The van der Waals surface area contributed by atoms with E-state index in [4.69, 9.17) is 9.26 Å². The van der Waals surface area contributed by atoms with E-state index in [0.29, 0.717) is 19.7 Å². The number of benzene rings is 1. The van der Waals surface area contributed by atoms with Gasteiger partial charge in [-0.3, -0.25) is 0 Å². The Bertz CT molecular complexity index is 587. The van der Waals surface area contributed by atoms with Crippen LogP contribution >= 0.6 is 24.0 Å². The number of ether oxygens (including phenoxy) is 1. The highest BCUT2D eigenvalue weighted by atomic mass is 127. The zero-order valence-electron chi connectivity index (χ0n) is 13.4. The first-order valence-electron chi connectivity index (χ1n) is 7.35. The van der Waals surface area contributed by atoms with Crippen LogP contribution in [0.3, 0.4) is 0 Å². The van der Waals surface area contributed by atoms with E-state index in [0.717, 1.165) is 29.5 Å². The van der Waals surface area contributed by atoms with E-state index >= 15 is 0 Å². The second-order valence-electron chi connectivity index (χ2n) is 4.66. The monoisotopic (exact) mass is 430 g/mol. The number of nitrogens with zero attached hydrogens (tertiary/aromatic N) is 2. The fourth-order valence-electron chi connectivity index (χ4n) is 1.90. The second kappa shape index (κ2) is 11.0. The Morgan fingerprint density at radius 2 is 2.04 bits per heavy atom. The van der Waals surface area contributed by atoms with Gasteiger partial charge in [0.25, 0.3) is 0 Å². The Labute approximate surface area is 153 Å². The molecule has 0 aliphatic rings. The van der Waals surface area contributed by atoms with Gasteiger partial charge in [0.05, 0.1) is 13.2 Å². The molecule has 7 heteroatoms. The van der Waals surface area contributed by atoms with Crippen molar-refractivity contribution < 1.29 is 9.26 Å². The van der Waals surface area contributed by atoms with Crippen LogP contribution in [0.15, 0.2) is 45.9 Å². The van der Waals surface area contributed by atoms with E-state index in [1.54, 1.807) is 7.11 Å². The zero-order valence-corrected chi connectivity index (χ0v) is 15.7. The summed E-state index contributed by atoms with van der Waals surface area (Å²) in [6.45, 7) is 4.62. The van der Waals surface area contributed by atoms with Crippen LogP contribution in [0.4, 0.5) is 0 Å². The Kier molecular flexibility index (Phi) is 9.30. The van der Waals surface area contributed by atoms with E-state index in [9.17, 15) is 0 Å². The summed E-state index contributed by atoms with van der Waals surface area (Å²) in [7, 11) is 1.67. The van der Waals surface area contributed by atoms with Gasteiger partial charge in [0.15, 0.2) is 11.7 Å². The van der Waals surface area contributed by atoms with E-state index < -0.39 is 0 Å². The van der Waals surface area contributed by atoms with Crippen LogP contribution in [-0.4, -0.2) is 37.9 Å². The fourth-order valence-corrected chi connectivity index (χ4v) is 1.90. The minimum Gasteiger partial charge on any atom is -0.383 e. The van der Waals surface area contributed by atoms with Crippen molar-refractivity contribution in [1.29, 1.82) is 0 Å². The zero-order chi connectivity index (χ0) is 15.6. The number of methoxy groups -OCH3 is 1. The van der Waals surface area contributed by atoms with Crippen molar-refractivity contribution in [3.05, 3.63) is 42.1 Å². The van der Waals surface area contributed by atoms with Gasteiger partial charge in [0, 0.05) is 31.8 Å². The predicted octanol–water partition coefficient (Wildman–Crippen LogP) is 2.66. The minimum atomic E-state index is 0. The average molecular weight is 430 g/mol. The molecule has 23 heavy (non-hydrogen) atoms. The molecular formula is C16H23IN4O2. The predicted molar refractivity (Wildman–Crippen MR) is 102 cm³/mol. The van der Waals surface area contributed by atoms with Crippen LogP contribution in [0.1, 0.15) is 12.6 Å². The highest BCUT2D eigenvalue weighted by molar-refractivity contribution is 14.0. The molecule has 0 saturated heterocycles. The lowest BCUT2D eigenvalue weighted by atomic mass is 10.2. The maximum atomic E-state index is 5.36. The summed E-state index contributed by atoms with van der Waals surface area (Å²) in [6, 6.07) is 11.8. The molecule has 2 rings (SSSR count). The van der Waals surface area contributed by atoms with Gasteiger partial charge < -0.3 is 19.9 Å². The normalized spacial score (nSPS) is 11.0. The number of rotatable bonds is 7. The van der Waals surface area contributed by atoms with Gasteiger partial charge >= 0.3 is 0 Å². The first-order valence-corrected chi connectivity index (χ1v) is 7.35. The molecule has 6 nitrogen and oxygen atoms in total. The molecule has 0 aliphatic carbocycles. The minimum absolute atomic E-state index is 0. The maximum absolute atomic E-state index is 5.36. The quantitative estimate of drug-likeness (QED) is 0.306. The molecule has 0 amide bonds. The molecule has 0 spiro atoms.